The number of anilines is 1. The van der Waals surface area contributed by atoms with Gasteiger partial charge in [-0.05, 0) is 48.0 Å². The number of benzene rings is 3. The third kappa shape index (κ3) is 5.25. The molecule has 4 aromatic rings. The second-order valence-electron chi connectivity index (χ2n) is 7.10. The van der Waals surface area contributed by atoms with Crippen molar-refractivity contribution in [2.75, 3.05) is 5.32 Å². The van der Waals surface area contributed by atoms with Crippen LogP contribution in [0.3, 0.4) is 0 Å². The lowest BCUT2D eigenvalue weighted by molar-refractivity contribution is 0.0995. The maximum Gasteiger partial charge on any atom is 0.291 e. The summed E-state index contributed by atoms with van der Waals surface area (Å²) in [4.78, 5) is 12.9. The summed E-state index contributed by atoms with van der Waals surface area (Å²) >= 11 is 0. The number of furan rings is 1. The summed E-state index contributed by atoms with van der Waals surface area (Å²) < 4.78 is 36.3. The Kier molecular flexibility index (Phi) is 6.37. The van der Waals surface area contributed by atoms with E-state index in [9.17, 15) is 13.2 Å². The number of carbonyl (C=O) groups is 1. The van der Waals surface area contributed by atoms with Gasteiger partial charge in [-0.1, -0.05) is 48.5 Å². The van der Waals surface area contributed by atoms with Crippen molar-refractivity contribution in [2.45, 2.75) is 17.3 Å². The standard InChI is InChI=1S/C25H21NO5S/c27-25(24-20(15-16-30-24)18-32(28,29)23-9-5-2-6-10-23)26-21-11-13-22(14-12-21)31-17-19-7-3-1-4-8-19/h1-16H,17-18H2,(H,26,27). The molecule has 4 rings (SSSR count). The Labute approximate surface area is 186 Å². The summed E-state index contributed by atoms with van der Waals surface area (Å²) in [7, 11) is -3.60. The van der Waals surface area contributed by atoms with Gasteiger partial charge in [-0.15, -0.1) is 0 Å². The second kappa shape index (κ2) is 9.53. The molecule has 0 fully saturated rings. The van der Waals surface area contributed by atoms with Gasteiger partial charge >= 0.3 is 0 Å². The van der Waals surface area contributed by atoms with Gasteiger partial charge in [-0.25, -0.2) is 8.42 Å². The van der Waals surface area contributed by atoms with Crippen molar-refractivity contribution in [1.82, 2.24) is 0 Å². The molecule has 162 valence electrons. The van der Waals surface area contributed by atoms with E-state index in [0.717, 1.165) is 5.56 Å². The molecule has 32 heavy (non-hydrogen) atoms. The first-order valence-electron chi connectivity index (χ1n) is 9.93. The van der Waals surface area contributed by atoms with Crippen LogP contribution in [0.5, 0.6) is 5.75 Å². The summed E-state index contributed by atoms with van der Waals surface area (Å²) in [5.41, 5.74) is 1.89. The van der Waals surface area contributed by atoms with Gasteiger partial charge in [0, 0.05) is 11.3 Å². The fourth-order valence-electron chi connectivity index (χ4n) is 3.13. The van der Waals surface area contributed by atoms with Crippen molar-refractivity contribution >= 4 is 21.4 Å². The van der Waals surface area contributed by atoms with Crippen LogP contribution in [-0.2, 0) is 22.2 Å². The number of hydrogen-bond donors (Lipinski definition) is 1. The number of nitrogens with one attached hydrogen (secondary N) is 1. The predicted octanol–water partition coefficient (Wildman–Crippen LogP) is 5.08. The Hall–Kier alpha value is -3.84. The van der Waals surface area contributed by atoms with E-state index < -0.39 is 15.7 Å². The van der Waals surface area contributed by atoms with Crippen LogP contribution in [0.4, 0.5) is 5.69 Å². The van der Waals surface area contributed by atoms with Crippen LogP contribution >= 0.6 is 0 Å². The third-order valence-corrected chi connectivity index (χ3v) is 6.44. The molecule has 0 spiro atoms. The van der Waals surface area contributed by atoms with Crippen molar-refractivity contribution in [3.05, 3.63) is 114 Å². The zero-order valence-corrected chi connectivity index (χ0v) is 17.9. The molecule has 3 aromatic carbocycles. The lowest BCUT2D eigenvalue weighted by Crippen LogP contribution is -2.14. The minimum atomic E-state index is -3.60. The molecule has 0 atom stereocenters. The summed E-state index contributed by atoms with van der Waals surface area (Å²) in [5.74, 6) is -0.220. The molecule has 0 radical (unpaired) electrons. The Morgan fingerprint density at radius 3 is 2.19 bits per heavy atom. The molecule has 0 saturated heterocycles. The lowest BCUT2D eigenvalue weighted by Gasteiger charge is -2.09. The van der Waals surface area contributed by atoms with Crippen LogP contribution in [0.25, 0.3) is 0 Å². The summed E-state index contributed by atoms with van der Waals surface area (Å²) in [6.45, 7) is 0.443. The van der Waals surface area contributed by atoms with Crippen LogP contribution in [0.1, 0.15) is 21.7 Å². The van der Waals surface area contributed by atoms with E-state index in [0.29, 0.717) is 23.6 Å². The van der Waals surface area contributed by atoms with Gasteiger partial charge in [-0.2, -0.15) is 0 Å². The first-order valence-corrected chi connectivity index (χ1v) is 11.6. The molecular formula is C25H21NO5S. The Bertz CT molecular complexity index is 1280. The maximum absolute atomic E-state index is 12.7. The van der Waals surface area contributed by atoms with E-state index in [-0.39, 0.29) is 16.4 Å². The molecule has 0 aliphatic carbocycles. The molecule has 1 N–H and O–H groups in total. The minimum absolute atomic E-state index is 0.0334. The van der Waals surface area contributed by atoms with Crippen molar-refractivity contribution in [2.24, 2.45) is 0 Å². The fourth-order valence-corrected chi connectivity index (χ4v) is 4.50. The van der Waals surface area contributed by atoms with E-state index in [2.05, 4.69) is 5.32 Å². The Morgan fingerprint density at radius 2 is 1.50 bits per heavy atom. The molecule has 6 nitrogen and oxygen atoms in total. The van der Waals surface area contributed by atoms with E-state index in [1.807, 2.05) is 30.3 Å². The monoisotopic (exact) mass is 447 g/mol. The third-order valence-electron chi connectivity index (χ3n) is 4.76. The first kappa shape index (κ1) is 21.4. The van der Waals surface area contributed by atoms with E-state index >= 15 is 0 Å². The Morgan fingerprint density at radius 1 is 0.844 bits per heavy atom. The van der Waals surface area contributed by atoms with Crippen molar-refractivity contribution < 1.29 is 22.4 Å². The van der Waals surface area contributed by atoms with E-state index in [4.69, 9.17) is 9.15 Å². The molecule has 0 aliphatic heterocycles. The summed E-state index contributed by atoms with van der Waals surface area (Å²) in [5, 5.41) is 2.73. The quantitative estimate of drug-likeness (QED) is 0.407. The van der Waals surface area contributed by atoms with Crippen LogP contribution in [0.2, 0.25) is 0 Å². The highest BCUT2D eigenvalue weighted by Gasteiger charge is 2.22. The fraction of sp³-hybridized carbons (Fsp3) is 0.0800. The molecule has 1 heterocycles. The first-order chi connectivity index (χ1) is 15.5. The molecule has 7 heteroatoms. The van der Waals surface area contributed by atoms with Crippen LogP contribution in [0, 0.1) is 0 Å². The van der Waals surface area contributed by atoms with E-state index in [1.165, 1.54) is 24.5 Å². The number of ether oxygens (including phenoxy) is 1. The number of sulfone groups is 1. The topological polar surface area (TPSA) is 85.6 Å². The van der Waals surface area contributed by atoms with Crippen molar-refractivity contribution in [1.29, 1.82) is 0 Å². The lowest BCUT2D eigenvalue weighted by atomic mass is 10.2. The number of hydrogen-bond acceptors (Lipinski definition) is 5. The van der Waals surface area contributed by atoms with Gasteiger partial charge in [0.1, 0.15) is 12.4 Å². The van der Waals surface area contributed by atoms with E-state index in [1.54, 1.807) is 42.5 Å². The molecule has 0 saturated carbocycles. The summed E-state index contributed by atoms with van der Waals surface area (Å²) in [6, 6.07) is 26.3. The highest BCUT2D eigenvalue weighted by molar-refractivity contribution is 7.90. The van der Waals surface area contributed by atoms with Crippen molar-refractivity contribution in [3.63, 3.8) is 0 Å². The van der Waals surface area contributed by atoms with Gasteiger partial charge in [0.15, 0.2) is 15.6 Å². The predicted molar refractivity (Wildman–Crippen MR) is 121 cm³/mol. The number of rotatable bonds is 8. The molecule has 0 bridgehead atoms. The van der Waals surface area contributed by atoms with Crippen LogP contribution in [-0.4, -0.2) is 14.3 Å². The highest BCUT2D eigenvalue weighted by atomic mass is 32.2. The molecule has 0 aliphatic rings. The van der Waals surface area contributed by atoms with Gasteiger partial charge in [0.05, 0.1) is 16.9 Å². The average Bonchev–Trinajstić information content (AvgIpc) is 3.27. The second-order valence-corrected chi connectivity index (χ2v) is 9.09. The van der Waals surface area contributed by atoms with Gasteiger partial charge in [0.2, 0.25) is 0 Å². The minimum Gasteiger partial charge on any atom is -0.489 e. The smallest absolute Gasteiger partial charge is 0.291 e. The SMILES string of the molecule is O=C(Nc1ccc(OCc2ccccc2)cc1)c1occc1CS(=O)(=O)c1ccccc1. The molecule has 0 unspecified atom stereocenters. The number of carbonyl (C=O) groups excluding carboxylic acids is 1. The number of amides is 1. The normalized spacial score (nSPS) is 11.1. The van der Waals surface area contributed by atoms with Crippen LogP contribution in [0.15, 0.2) is 107 Å². The maximum atomic E-state index is 12.7. The van der Waals surface area contributed by atoms with Gasteiger partial charge in [0.25, 0.3) is 5.91 Å². The largest absolute Gasteiger partial charge is 0.489 e. The molecule has 1 aromatic heterocycles. The van der Waals surface area contributed by atoms with Crippen LogP contribution < -0.4 is 10.1 Å². The zero-order chi connectivity index (χ0) is 22.4. The van der Waals surface area contributed by atoms with Gasteiger partial charge in [-0.3, -0.25) is 4.79 Å². The Balaban J connectivity index is 1.40. The summed E-state index contributed by atoms with van der Waals surface area (Å²) in [6.07, 6.45) is 1.31. The average molecular weight is 448 g/mol. The molecule has 1 amide bonds. The highest BCUT2D eigenvalue weighted by Crippen LogP contribution is 2.22. The molecular weight excluding hydrogens is 426 g/mol. The van der Waals surface area contributed by atoms with Crippen molar-refractivity contribution in [3.8, 4) is 5.75 Å². The van der Waals surface area contributed by atoms with Gasteiger partial charge < -0.3 is 14.5 Å². The zero-order valence-electron chi connectivity index (χ0n) is 17.1.